The SMILES string of the molecule is Cc1ccn2cc(C(=O)NCc3ccc4c(c3)OCO4)nc2c1. The number of nitrogens with one attached hydrogen (secondary N) is 1. The van der Waals surface area contributed by atoms with Crippen molar-refractivity contribution in [2.45, 2.75) is 13.5 Å². The van der Waals surface area contributed by atoms with Gasteiger partial charge in [0.1, 0.15) is 11.3 Å². The van der Waals surface area contributed by atoms with E-state index in [1.807, 2.05) is 47.9 Å². The zero-order chi connectivity index (χ0) is 15.8. The number of hydrogen-bond donors (Lipinski definition) is 1. The van der Waals surface area contributed by atoms with Crippen molar-refractivity contribution in [2.24, 2.45) is 0 Å². The monoisotopic (exact) mass is 309 g/mol. The van der Waals surface area contributed by atoms with E-state index in [9.17, 15) is 4.79 Å². The highest BCUT2D eigenvalue weighted by Crippen LogP contribution is 2.32. The van der Waals surface area contributed by atoms with Crippen molar-refractivity contribution >= 4 is 11.6 Å². The summed E-state index contributed by atoms with van der Waals surface area (Å²) in [5.74, 6) is 1.24. The molecule has 0 saturated carbocycles. The summed E-state index contributed by atoms with van der Waals surface area (Å²) >= 11 is 0. The number of aryl methyl sites for hydroxylation is 1. The highest BCUT2D eigenvalue weighted by Gasteiger charge is 2.14. The lowest BCUT2D eigenvalue weighted by Gasteiger charge is -2.04. The quantitative estimate of drug-likeness (QED) is 0.806. The largest absolute Gasteiger partial charge is 0.454 e. The molecule has 6 heteroatoms. The van der Waals surface area contributed by atoms with E-state index in [2.05, 4.69) is 10.3 Å². The second-order valence-corrected chi connectivity index (χ2v) is 5.47. The molecular weight excluding hydrogens is 294 g/mol. The van der Waals surface area contributed by atoms with E-state index >= 15 is 0 Å². The first-order chi connectivity index (χ1) is 11.2. The number of ether oxygens (including phenoxy) is 2. The van der Waals surface area contributed by atoms with E-state index in [4.69, 9.17) is 9.47 Å². The molecule has 2 aromatic heterocycles. The fourth-order valence-corrected chi connectivity index (χ4v) is 2.52. The molecule has 0 bridgehead atoms. The summed E-state index contributed by atoms with van der Waals surface area (Å²) < 4.78 is 12.4. The summed E-state index contributed by atoms with van der Waals surface area (Å²) in [7, 11) is 0. The summed E-state index contributed by atoms with van der Waals surface area (Å²) in [4.78, 5) is 16.6. The Morgan fingerprint density at radius 3 is 3.04 bits per heavy atom. The molecule has 1 aliphatic rings. The first kappa shape index (κ1) is 13.6. The van der Waals surface area contributed by atoms with E-state index in [-0.39, 0.29) is 12.7 Å². The fraction of sp³-hybridized carbons (Fsp3) is 0.176. The summed E-state index contributed by atoms with van der Waals surface area (Å²) in [5, 5.41) is 2.87. The molecule has 0 atom stereocenters. The number of pyridine rings is 1. The van der Waals surface area contributed by atoms with Crippen molar-refractivity contribution in [1.82, 2.24) is 14.7 Å². The maximum absolute atomic E-state index is 12.3. The van der Waals surface area contributed by atoms with Crippen molar-refractivity contribution in [3.63, 3.8) is 0 Å². The molecular formula is C17H15N3O3. The molecule has 1 amide bonds. The van der Waals surface area contributed by atoms with Gasteiger partial charge in [-0.1, -0.05) is 6.07 Å². The van der Waals surface area contributed by atoms with Crippen LogP contribution in [0.4, 0.5) is 0 Å². The van der Waals surface area contributed by atoms with E-state index in [1.165, 1.54) is 0 Å². The van der Waals surface area contributed by atoms with Gasteiger partial charge < -0.3 is 19.2 Å². The second kappa shape index (κ2) is 5.31. The zero-order valence-corrected chi connectivity index (χ0v) is 12.6. The molecule has 6 nitrogen and oxygen atoms in total. The van der Waals surface area contributed by atoms with Crippen LogP contribution in [0.1, 0.15) is 21.6 Å². The lowest BCUT2D eigenvalue weighted by Crippen LogP contribution is -2.23. The normalized spacial score (nSPS) is 12.6. The highest BCUT2D eigenvalue weighted by atomic mass is 16.7. The van der Waals surface area contributed by atoms with Gasteiger partial charge in [-0.05, 0) is 42.3 Å². The Balaban J connectivity index is 1.48. The summed E-state index contributed by atoms with van der Waals surface area (Å²) in [6, 6.07) is 9.53. The third kappa shape index (κ3) is 2.59. The number of benzene rings is 1. The number of imidazole rings is 1. The molecule has 1 N–H and O–H groups in total. The van der Waals surface area contributed by atoms with Gasteiger partial charge in [0, 0.05) is 18.9 Å². The third-order valence-corrected chi connectivity index (χ3v) is 3.74. The average Bonchev–Trinajstić information content (AvgIpc) is 3.17. The van der Waals surface area contributed by atoms with Gasteiger partial charge in [-0.2, -0.15) is 0 Å². The van der Waals surface area contributed by atoms with Crippen LogP contribution in [0.2, 0.25) is 0 Å². The van der Waals surface area contributed by atoms with Gasteiger partial charge in [-0.15, -0.1) is 0 Å². The minimum absolute atomic E-state index is 0.205. The van der Waals surface area contributed by atoms with Gasteiger partial charge in [-0.25, -0.2) is 4.98 Å². The molecule has 0 fully saturated rings. The van der Waals surface area contributed by atoms with Crippen LogP contribution in [0.15, 0.2) is 42.7 Å². The first-order valence-electron chi connectivity index (χ1n) is 7.31. The highest BCUT2D eigenvalue weighted by molar-refractivity contribution is 5.92. The number of carbonyl (C=O) groups excluding carboxylic acids is 1. The molecule has 3 heterocycles. The Labute approximate surface area is 132 Å². The third-order valence-electron chi connectivity index (χ3n) is 3.74. The van der Waals surface area contributed by atoms with Gasteiger partial charge in [0.2, 0.25) is 6.79 Å². The molecule has 4 rings (SSSR count). The Morgan fingerprint density at radius 2 is 2.13 bits per heavy atom. The van der Waals surface area contributed by atoms with Crippen LogP contribution in [0, 0.1) is 6.92 Å². The molecule has 0 aliphatic carbocycles. The van der Waals surface area contributed by atoms with Gasteiger partial charge in [-0.3, -0.25) is 4.79 Å². The van der Waals surface area contributed by atoms with Crippen molar-refractivity contribution in [2.75, 3.05) is 6.79 Å². The Kier molecular flexibility index (Phi) is 3.15. The van der Waals surface area contributed by atoms with Crippen LogP contribution < -0.4 is 14.8 Å². The summed E-state index contributed by atoms with van der Waals surface area (Å²) in [5.41, 5.74) is 3.21. The number of aromatic nitrogens is 2. The molecule has 0 radical (unpaired) electrons. The molecule has 1 aliphatic heterocycles. The minimum Gasteiger partial charge on any atom is -0.454 e. The maximum atomic E-state index is 12.3. The van der Waals surface area contributed by atoms with E-state index in [1.54, 1.807) is 6.20 Å². The first-order valence-corrected chi connectivity index (χ1v) is 7.31. The number of carbonyl (C=O) groups is 1. The lowest BCUT2D eigenvalue weighted by atomic mass is 10.2. The van der Waals surface area contributed by atoms with E-state index < -0.39 is 0 Å². The van der Waals surface area contributed by atoms with Crippen LogP contribution >= 0.6 is 0 Å². The van der Waals surface area contributed by atoms with Crippen LogP contribution in [-0.4, -0.2) is 22.1 Å². The topological polar surface area (TPSA) is 64.9 Å². The molecule has 0 saturated heterocycles. The number of hydrogen-bond acceptors (Lipinski definition) is 4. The molecule has 1 aromatic carbocycles. The molecule has 23 heavy (non-hydrogen) atoms. The number of amides is 1. The van der Waals surface area contributed by atoms with Gasteiger partial charge >= 0.3 is 0 Å². The smallest absolute Gasteiger partial charge is 0.271 e. The summed E-state index contributed by atoms with van der Waals surface area (Å²) in [6.07, 6.45) is 3.62. The molecule has 0 spiro atoms. The van der Waals surface area contributed by atoms with Gasteiger partial charge in [0.15, 0.2) is 11.5 Å². The number of rotatable bonds is 3. The van der Waals surface area contributed by atoms with Gasteiger partial charge in [0.25, 0.3) is 5.91 Å². The average molecular weight is 309 g/mol. The van der Waals surface area contributed by atoms with Crippen LogP contribution in [-0.2, 0) is 6.54 Å². The minimum atomic E-state index is -0.205. The van der Waals surface area contributed by atoms with Crippen LogP contribution in [0.5, 0.6) is 11.5 Å². The standard InChI is InChI=1S/C17H15N3O3/c1-11-4-5-20-9-13(19-16(20)6-11)17(21)18-8-12-2-3-14-15(7-12)23-10-22-14/h2-7,9H,8,10H2,1H3,(H,18,21). The predicted molar refractivity (Wildman–Crippen MR) is 83.7 cm³/mol. The Hall–Kier alpha value is -3.02. The van der Waals surface area contributed by atoms with Crippen LogP contribution in [0.3, 0.4) is 0 Å². The zero-order valence-electron chi connectivity index (χ0n) is 12.6. The maximum Gasteiger partial charge on any atom is 0.271 e. The Bertz CT molecular complexity index is 901. The fourth-order valence-electron chi connectivity index (χ4n) is 2.52. The van der Waals surface area contributed by atoms with Crippen molar-refractivity contribution < 1.29 is 14.3 Å². The number of nitrogens with zero attached hydrogens (tertiary/aromatic N) is 2. The lowest BCUT2D eigenvalue weighted by molar-refractivity contribution is 0.0946. The Morgan fingerprint density at radius 1 is 1.26 bits per heavy atom. The van der Waals surface area contributed by atoms with Crippen molar-refractivity contribution in [3.8, 4) is 11.5 Å². The summed E-state index contributed by atoms with van der Waals surface area (Å²) in [6.45, 7) is 2.64. The van der Waals surface area contributed by atoms with E-state index in [0.29, 0.717) is 18.0 Å². The second-order valence-electron chi connectivity index (χ2n) is 5.47. The van der Waals surface area contributed by atoms with Crippen molar-refractivity contribution in [3.05, 3.63) is 59.5 Å². The van der Waals surface area contributed by atoms with Crippen molar-refractivity contribution in [1.29, 1.82) is 0 Å². The van der Waals surface area contributed by atoms with Crippen LogP contribution in [0.25, 0.3) is 5.65 Å². The molecule has 3 aromatic rings. The number of fused-ring (bicyclic) bond motifs is 2. The molecule has 0 unspecified atom stereocenters. The van der Waals surface area contributed by atoms with E-state index in [0.717, 1.165) is 22.5 Å². The molecule has 116 valence electrons. The predicted octanol–water partition coefficient (Wildman–Crippen LogP) is 2.30. The van der Waals surface area contributed by atoms with Gasteiger partial charge in [0.05, 0.1) is 0 Å².